The van der Waals surface area contributed by atoms with E-state index in [1.807, 2.05) is 36.4 Å². The van der Waals surface area contributed by atoms with Crippen LogP contribution in [0.4, 0.5) is 0 Å². The Bertz CT molecular complexity index is 460. The molecule has 0 radical (unpaired) electrons. The molecule has 1 N–H and O–H groups in total. The third-order valence-electron chi connectivity index (χ3n) is 2.38. The van der Waals surface area contributed by atoms with Gasteiger partial charge in [-0.15, -0.1) is 0 Å². The Morgan fingerprint density at radius 2 is 2.11 bits per heavy atom. The summed E-state index contributed by atoms with van der Waals surface area (Å²) in [5.74, 6) is -0.781. The summed E-state index contributed by atoms with van der Waals surface area (Å²) in [5, 5.41) is 12.0. The molecule has 0 aliphatic heterocycles. The monoisotopic (exact) mass is 245 g/mol. The van der Waals surface area contributed by atoms with Crippen LogP contribution < -0.4 is 0 Å². The first-order chi connectivity index (χ1) is 8.72. The van der Waals surface area contributed by atoms with Crippen LogP contribution in [0.25, 0.3) is 16.5 Å². The molecule has 5 nitrogen and oxygen atoms in total. The molecule has 0 fully saturated rings. The fourth-order valence-electron chi connectivity index (χ4n) is 1.44. The highest BCUT2D eigenvalue weighted by Gasteiger charge is 1.98. The van der Waals surface area contributed by atoms with Crippen molar-refractivity contribution in [3.63, 3.8) is 0 Å². The molecule has 5 heteroatoms. The van der Waals surface area contributed by atoms with E-state index in [1.54, 1.807) is 0 Å². The molecule has 0 saturated carbocycles. The van der Waals surface area contributed by atoms with Gasteiger partial charge in [0.2, 0.25) is 0 Å². The zero-order valence-electron chi connectivity index (χ0n) is 9.99. The molecule has 0 atom stereocenters. The lowest BCUT2D eigenvalue weighted by Crippen LogP contribution is -1.97. The number of aryl methyl sites for hydroxylation is 1. The lowest BCUT2D eigenvalue weighted by Gasteiger charge is -1.99. The Labute approximate surface area is 105 Å². The third kappa shape index (κ3) is 5.72. The molecule has 0 aliphatic rings. The quantitative estimate of drug-likeness (QED) is 0.345. The molecule has 18 heavy (non-hydrogen) atoms. The molecule has 0 aliphatic carbocycles. The Kier molecular flexibility index (Phi) is 6.08. The van der Waals surface area contributed by atoms with Gasteiger partial charge < -0.3 is 5.11 Å². The molecule has 1 rings (SSSR count). The van der Waals surface area contributed by atoms with Gasteiger partial charge in [-0.1, -0.05) is 41.5 Å². The van der Waals surface area contributed by atoms with Crippen LogP contribution in [-0.4, -0.2) is 17.6 Å². The van der Waals surface area contributed by atoms with E-state index in [9.17, 15) is 4.79 Å². The van der Waals surface area contributed by atoms with Crippen molar-refractivity contribution >= 4 is 12.0 Å². The van der Waals surface area contributed by atoms with Gasteiger partial charge in [0.1, 0.15) is 0 Å². The van der Waals surface area contributed by atoms with Crippen LogP contribution in [0.5, 0.6) is 0 Å². The van der Waals surface area contributed by atoms with E-state index in [-0.39, 0.29) is 6.42 Å². The Morgan fingerprint density at radius 3 is 2.72 bits per heavy atom. The minimum absolute atomic E-state index is 0.154. The van der Waals surface area contributed by atoms with Crippen LogP contribution in [0.15, 0.2) is 35.5 Å². The van der Waals surface area contributed by atoms with Crippen molar-refractivity contribution < 1.29 is 9.90 Å². The molecule has 0 saturated heterocycles. The van der Waals surface area contributed by atoms with E-state index in [2.05, 4.69) is 10.0 Å². The summed E-state index contributed by atoms with van der Waals surface area (Å²) in [6.07, 6.45) is 5.32. The van der Waals surface area contributed by atoms with Gasteiger partial charge in [-0.3, -0.25) is 4.79 Å². The van der Waals surface area contributed by atoms with Crippen LogP contribution in [0.3, 0.4) is 0 Å². The number of carbonyl (C=O) groups is 1. The fraction of sp³-hybridized carbons (Fsp3) is 0.308. The average Bonchev–Trinajstić information content (AvgIpc) is 2.37. The van der Waals surface area contributed by atoms with Gasteiger partial charge >= 0.3 is 5.97 Å². The number of nitrogens with zero attached hydrogens (tertiary/aromatic N) is 3. The van der Waals surface area contributed by atoms with Crippen molar-refractivity contribution in [3.05, 3.63) is 51.9 Å². The highest BCUT2D eigenvalue weighted by atomic mass is 16.4. The molecule has 1 aromatic rings. The predicted molar refractivity (Wildman–Crippen MR) is 70.1 cm³/mol. The lowest BCUT2D eigenvalue weighted by molar-refractivity contribution is -0.136. The molecule has 0 bridgehead atoms. The van der Waals surface area contributed by atoms with Gasteiger partial charge in [-0.05, 0) is 29.5 Å². The first kappa shape index (κ1) is 13.8. The fourth-order valence-corrected chi connectivity index (χ4v) is 1.44. The minimum atomic E-state index is -0.781. The van der Waals surface area contributed by atoms with E-state index in [0.29, 0.717) is 19.4 Å². The maximum absolute atomic E-state index is 10.4. The molecule has 0 amide bonds. The summed E-state index contributed by atoms with van der Waals surface area (Å²) in [6.45, 7) is 0.462. The number of hydrogen-bond donors (Lipinski definition) is 1. The topological polar surface area (TPSA) is 86.1 Å². The van der Waals surface area contributed by atoms with E-state index in [1.165, 1.54) is 0 Å². The van der Waals surface area contributed by atoms with E-state index in [4.69, 9.17) is 10.6 Å². The van der Waals surface area contributed by atoms with Crippen LogP contribution in [-0.2, 0) is 11.2 Å². The minimum Gasteiger partial charge on any atom is -0.481 e. The maximum Gasteiger partial charge on any atom is 0.303 e. The number of hydrogen-bond acceptors (Lipinski definition) is 2. The van der Waals surface area contributed by atoms with Crippen LogP contribution >= 0.6 is 0 Å². The molecule has 94 valence electrons. The summed E-state index contributed by atoms with van der Waals surface area (Å²) < 4.78 is 0. The van der Waals surface area contributed by atoms with Gasteiger partial charge in [0.25, 0.3) is 0 Å². The van der Waals surface area contributed by atoms with Crippen molar-refractivity contribution in [3.8, 4) is 0 Å². The second-order valence-corrected chi connectivity index (χ2v) is 3.78. The van der Waals surface area contributed by atoms with Crippen molar-refractivity contribution in [1.29, 1.82) is 0 Å². The summed E-state index contributed by atoms with van der Waals surface area (Å²) in [7, 11) is 0. The molecule has 0 heterocycles. The van der Waals surface area contributed by atoms with E-state index >= 15 is 0 Å². The number of carboxylic acids is 1. The summed E-state index contributed by atoms with van der Waals surface area (Å²) >= 11 is 0. The van der Waals surface area contributed by atoms with Crippen LogP contribution in [0.1, 0.15) is 24.0 Å². The van der Waals surface area contributed by atoms with E-state index < -0.39 is 5.97 Å². The number of azide groups is 1. The predicted octanol–water partition coefficient (Wildman–Crippen LogP) is 3.42. The zero-order chi connectivity index (χ0) is 13.2. The van der Waals surface area contributed by atoms with Gasteiger partial charge in [-0.25, -0.2) is 0 Å². The van der Waals surface area contributed by atoms with Gasteiger partial charge in [0.15, 0.2) is 0 Å². The number of benzene rings is 1. The molecule has 0 aromatic heterocycles. The number of aliphatic carboxylic acids is 1. The highest BCUT2D eigenvalue weighted by Crippen LogP contribution is 2.08. The standard InChI is InChI=1S/C13H15N3O2/c14-16-15-10-2-1-3-11-4-6-12(7-5-11)8-9-13(17)18/h1,3-7H,2,8-10H2,(H,17,18). The highest BCUT2D eigenvalue weighted by molar-refractivity contribution is 5.67. The van der Waals surface area contributed by atoms with Crippen molar-refractivity contribution in [2.75, 3.05) is 6.54 Å². The smallest absolute Gasteiger partial charge is 0.303 e. The van der Waals surface area contributed by atoms with Crippen molar-refractivity contribution in [2.24, 2.45) is 5.11 Å². The second-order valence-electron chi connectivity index (χ2n) is 3.78. The Morgan fingerprint density at radius 1 is 1.39 bits per heavy atom. The molecular formula is C13H15N3O2. The molecule has 0 spiro atoms. The van der Waals surface area contributed by atoms with E-state index in [0.717, 1.165) is 11.1 Å². The third-order valence-corrected chi connectivity index (χ3v) is 2.38. The van der Waals surface area contributed by atoms with Crippen LogP contribution in [0.2, 0.25) is 0 Å². The molecule has 1 aromatic carbocycles. The first-order valence-electron chi connectivity index (χ1n) is 5.70. The number of rotatable bonds is 7. The summed E-state index contributed by atoms with van der Waals surface area (Å²) in [4.78, 5) is 13.1. The average molecular weight is 245 g/mol. The van der Waals surface area contributed by atoms with Gasteiger partial charge in [0.05, 0.1) is 0 Å². The maximum atomic E-state index is 10.4. The second kappa shape index (κ2) is 7.92. The SMILES string of the molecule is [N-]=[N+]=NCCC=Cc1ccc(CCC(=O)O)cc1. The van der Waals surface area contributed by atoms with Gasteiger partial charge in [-0.2, -0.15) is 0 Å². The zero-order valence-corrected chi connectivity index (χ0v) is 9.99. The van der Waals surface area contributed by atoms with Gasteiger partial charge in [0, 0.05) is 17.9 Å². The summed E-state index contributed by atoms with van der Waals surface area (Å²) in [5.41, 5.74) is 10.2. The Hall–Kier alpha value is -2.26. The molecular weight excluding hydrogens is 230 g/mol. The van der Waals surface area contributed by atoms with Crippen molar-refractivity contribution in [2.45, 2.75) is 19.3 Å². The number of carboxylic acid groups (broad SMARTS) is 1. The first-order valence-corrected chi connectivity index (χ1v) is 5.70. The largest absolute Gasteiger partial charge is 0.481 e. The normalized spacial score (nSPS) is 10.2. The Balaban J connectivity index is 2.44. The molecule has 0 unspecified atom stereocenters. The summed E-state index contributed by atoms with van der Waals surface area (Å²) in [6, 6.07) is 7.74. The van der Waals surface area contributed by atoms with Crippen molar-refractivity contribution in [1.82, 2.24) is 0 Å². The van der Waals surface area contributed by atoms with Crippen LogP contribution in [0, 0.1) is 0 Å². The lowest BCUT2D eigenvalue weighted by atomic mass is 10.1.